The average molecular weight is 272 g/mol. The van der Waals surface area contributed by atoms with Crippen LogP contribution >= 0.6 is 0 Å². The number of aromatic nitrogens is 1. The first-order valence-corrected chi connectivity index (χ1v) is 7.01. The van der Waals surface area contributed by atoms with Gasteiger partial charge in [0.15, 0.2) is 0 Å². The third-order valence-corrected chi connectivity index (χ3v) is 4.23. The number of allylic oxidation sites excluding steroid dienone is 2. The number of rotatable bonds is 4. The van der Waals surface area contributed by atoms with Crippen LogP contribution in [-0.2, 0) is 11.3 Å². The molecule has 0 radical (unpaired) electrons. The molecular weight excluding hydrogens is 248 g/mol. The number of amides is 1. The molecule has 1 N–H and O–H groups in total. The predicted molar refractivity (Wildman–Crippen MR) is 83.0 cm³/mol. The van der Waals surface area contributed by atoms with Gasteiger partial charge in [0.1, 0.15) is 0 Å². The highest BCUT2D eigenvalue weighted by atomic mass is 16.1. The zero-order chi connectivity index (χ0) is 14.6. The van der Waals surface area contributed by atoms with Crippen molar-refractivity contribution in [3.63, 3.8) is 0 Å². The summed E-state index contributed by atoms with van der Waals surface area (Å²) in [5.74, 6) is 1.04. The topological polar surface area (TPSA) is 42.0 Å². The van der Waals surface area contributed by atoms with Crippen molar-refractivity contribution in [3.8, 4) is 0 Å². The van der Waals surface area contributed by atoms with Gasteiger partial charge in [-0.1, -0.05) is 25.3 Å². The van der Waals surface area contributed by atoms with Crippen LogP contribution < -0.4 is 5.32 Å². The zero-order valence-corrected chi connectivity index (χ0v) is 12.1. The smallest absolute Gasteiger partial charge is 0.217 e. The molecule has 1 aromatic heterocycles. The number of hydrogen-bond acceptors (Lipinski definition) is 2. The zero-order valence-electron chi connectivity index (χ0n) is 12.1. The van der Waals surface area contributed by atoms with Gasteiger partial charge in [0.2, 0.25) is 5.91 Å². The van der Waals surface area contributed by atoms with E-state index in [9.17, 15) is 4.79 Å². The molecule has 0 atom stereocenters. The van der Waals surface area contributed by atoms with Crippen LogP contribution in [0, 0.1) is 11.3 Å². The van der Waals surface area contributed by atoms with E-state index in [-0.39, 0.29) is 7.33 Å². The lowest BCUT2D eigenvalue weighted by molar-refractivity contribution is -0.119. The van der Waals surface area contributed by atoms with Crippen LogP contribution in [0.15, 0.2) is 49.3 Å². The summed E-state index contributed by atoms with van der Waals surface area (Å²) < 4.78 is 0. The van der Waals surface area contributed by atoms with E-state index in [0.29, 0.717) is 12.0 Å². The standard InChI is InChI=1S/C9H12.C8H10N2O.H2/c1-3-7(2)9-4-8(5-9)6-9;1-7(11)10-6-8-3-2-4-9-5-8;/h3,8H,1-2,4-6H2;2-5H,6H2,1H3,(H,10,11);1H. The molecule has 2 bridgehead atoms. The largest absolute Gasteiger partial charge is 0.352 e. The fourth-order valence-electron chi connectivity index (χ4n) is 2.82. The maximum atomic E-state index is 10.5. The Hall–Kier alpha value is -1.90. The molecule has 0 saturated heterocycles. The normalized spacial score (nSPS) is 25.1. The Balaban J connectivity index is 0.000000203. The van der Waals surface area contributed by atoms with Crippen molar-refractivity contribution < 1.29 is 6.22 Å². The van der Waals surface area contributed by atoms with E-state index < -0.39 is 0 Å². The van der Waals surface area contributed by atoms with Gasteiger partial charge in [0, 0.05) is 27.3 Å². The minimum atomic E-state index is -0.0196. The van der Waals surface area contributed by atoms with Crippen LogP contribution in [0.1, 0.15) is 33.2 Å². The van der Waals surface area contributed by atoms with E-state index in [1.165, 1.54) is 31.8 Å². The molecule has 3 nitrogen and oxygen atoms in total. The molecule has 3 aliphatic carbocycles. The highest BCUT2D eigenvalue weighted by Gasteiger charge is 2.57. The molecule has 3 saturated carbocycles. The average Bonchev–Trinajstić information content (AvgIpc) is 2.34. The van der Waals surface area contributed by atoms with Gasteiger partial charge in [-0.15, -0.1) is 0 Å². The number of pyridine rings is 1. The molecule has 108 valence electrons. The molecule has 0 unspecified atom stereocenters. The van der Waals surface area contributed by atoms with Crippen molar-refractivity contribution in [1.82, 2.24) is 10.3 Å². The fraction of sp³-hybridized carbons (Fsp3) is 0.412. The Kier molecular flexibility index (Phi) is 4.38. The monoisotopic (exact) mass is 272 g/mol. The van der Waals surface area contributed by atoms with Gasteiger partial charge in [-0.25, -0.2) is 0 Å². The van der Waals surface area contributed by atoms with E-state index in [4.69, 9.17) is 0 Å². The summed E-state index contributed by atoms with van der Waals surface area (Å²) in [6, 6.07) is 3.76. The van der Waals surface area contributed by atoms with E-state index in [1.807, 2.05) is 18.2 Å². The van der Waals surface area contributed by atoms with Gasteiger partial charge in [-0.3, -0.25) is 9.78 Å². The van der Waals surface area contributed by atoms with Crippen LogP contribution in [0.4, 0.5) is 0 Å². The summed E-state index contributed by atoms with van der Waals surface area (Å²) in [4.78, 5) is 14.4. The summed E-state index contributed by atoms with van der Waals surface area (Å²) in [5.41, 5.74) is 2.86. The van der Waals surface area contributed by atoms with Gasteiger partial charge in [-0.2, -0.15) is 0 Å². The van der Waals surface area contributed by atoms with Gasteiger partial charge < -0.3 is 5.32 Å². The predicted octanol–water partition coefficient (Wildman–Crippen LogP) is 3.49. The Morgan fingerprint density at radius 3 is 2.65 bits per heavy atom. The van der Waals surface area contributed by atoms with Crippen LogP contribution in [0.25, 0.3) is 0 Å². The van der Waals surface area contributed by atoms with Crippen molar-refractivity contribution in [3.05, 3.63) is 54.9 Å². The molecular formula is C17H24N2O. The molecule has 0 aliphatic heterocycles. The lowest BCUT2D eigenvalue weighted by Gasteiger charge is -2.62. The number of nitrogens with zero attached hydrogens (tertiary/aromatic N) is 1. The first-order valence-electron chi connectivity index (χ1n) is 7.01. The fourth-order valence-corrected chi connectivity index (χ4v) is 2.82. The van der Waals surface area contributed by atoms with Crippen molar-refractivity contribution in [1.29, 1.82) is 0 Å². The lowest BCUT2D eigenvalue weighted by Crippen LogP contribution is -2.52. The summed E-state index contributed by atoms with van der Waals surface area (Å²) in [6.07, 6.45) is 9.57. The first-order chi connectivity index (χ1) is 9.55. The molecule has 20 heavy (non-hydrogen) atoms. The molecule has 1 amide bonds. The number of carbonyl (C=O) groups excluding carboxylic acids is 1. The minimum Gasteiger partial charge on any atom is -0.352 e. The van der Waals surface area contributed by atoms with Crippen molar-refractivity contribution in [2.45, 2.75) is 32.7 Å². The van der Waals surface area contributed by atoms with E-state index in [2.05, 4.69) is 23.5 Å². The van der Waals surface area contributed by atoms with Crippen molar-refractivity contribution in [2.75, 3.05) is 0 Å². The quantitative estimate of drug-likeness (QED) is 0.852. The van der Waals surface area contributed by atoms with E-state index >= 15 is 0 Å². The molecule has 1 heterocycles. The third kappa shape index (κ3) is 3.16. The molecule has 3 fully saturated rings. The Bertz CT molecular complexity index is 496. The van der Waals surface area contributed by atoms with E-state index in [1.54, 1.807) is 12.4 Å². The second-order valence-electron chi connectivity index (χ2n) is 5.76. The van der Waals surface area contributed by atoms with E-state index in [0.717, 1.165) is 11.5 Å². The van der Waals surface area contributed by atoms with Crippen molar-refractivity contribution >= 4 is 5.91 Å². The molecule has 0 aromatic carbocycles. The number of nitrogens with one attached hydrogen (secondary N) is 1. The van der Waals surface area contributed by atoms with Gasteiger partial charge >= 0.3 is 0 Å². The summed E-state index contributed by atoms with van der Waals surface area (Å²) >= 11 is 0. The third-order valence-electron chi connectivity index (χ3n) is 4.23. The second kappa shape index (κ2) is 6.04. The summed E-state index contributed by atoms with van der Waals surface area (Å²) in [7, 11) is 0. The molecule has 3 heteroatoms. The molecule has 0 spiro atoms. The second-order valence-corrected chi connectivity index (χ2v) is 5.76. The van der Waals surface area contributed by atoms with Gasteiger partial charge in [0.25, 0.3) is 0 Å². The van der Waals surface area contributed by atoms with Crippen LogP contribution in [0.2, 0.25) is 0 Å². The molecule has 4 rings (SSSR count). The van der Waals surface area contributed by atoms with Crippen LogP contribution in [0.5, 0.6) is 0 Å². The van der Waals surface area contributed by atoms with Crippen LogP contribution in [0.3, 0.4) is 0 Å². The Labute approximate surface area is 122 Å². The first kappa shape index (κ1) is 14.5. The van der Waals surface area contributed by atoms with Crippen molar-refractivity contribution in [2.24, 2.45) is 11.3 Å². The highest BCUT2D eigenvalue weighted by Crippen LogP contribution is 2.67. The highest BCUT2D eigenvalue weighted by molar-refractivity contribution is 5.72. The maximum absolute atomic E-state index is 10.5. The number of hydrogen-bond donors (Lipinski definition) is 1. The number of carbonyl (C=O) groups is 1. The van der Waals surface area contributed by atoms with Gasteiger partial charge in [-0.05, 0) is 47.8 Å². The van der Waals surface area contributed by atoms with Gasteiger partial charge in [0.05, 0.1) is 0 Å². The SMILES string of the molecule is C=CC(=C)C12CC(C1)C2.CC(=O)NCc1cccnc1.[HH]. The lowest BCUT2D eigenvalue weighted by atomic mass is 9.42. The summed E-state index contributed by atoms with van der Waals surface area (Å²) in [5, 5.41) is 2.68. The molecule has 1 aromatic rings. The Morgan fingerprint density at radius 1 is 1.60 bits per heavy atom. The molecule has 3 aliphatic rings. The Morgan fingerprint density at radius 2 is 2.30 bits per heavy atom. The minimum absolute atomic E-state index is 0. The maximum Gasteiger partial charge on any atom is 0.217 e. The van der Waals surface area contributed by atoms with Crippen LogP contribution in [-0.4, -0.2) is 10.9 Å². The summed E-state index contributed by atoms with van der Waals surface area (Å²) in [6.45, 7) is 9.78.